The van der Waals surface area contributed by atoms with E-state index in [1.165, 1.54) is 22.8 Å². The molecule has 5 heterocycles. The summed E-state index contributed by atoms with van der Waals surface area (Å²) in [4.78, 5) is 2.21. The summed E-state index contributed by atoms with van der Waals surface area (Å²) in [5.41, 5.74) is 6.91. The first kappa shape index (κ1) is 23.0. The van der Waals surface area contributed by atoms with E-state index in [1.807, 2.05) is 31.8 Å². The molecule has 0 atom stereocenters. The predicted molar refractivity (Wildman–Crippen MR) is 137 cm³/mol. The number of aryl methyl sites for hydroxylation is 2. The van der Waals surface area contributed by atoms with Crippen molar-refractivity contribution in [1.82, 2.24) is 24.9 Å². The first-order valence-corrected chi connectivity index (χ1v) is 13.8. The molecule has 1 N–H and O–H groups in total. The second-order valence-corrected chi connectivity index (χ2v) is 11.1. The van der Waals surface area contributed by atoms with E-state index >= 15 is 0 Å². The van der Waals surface area contributed by atoms with Crippen molar-refractivity contribution in [3.05, 3.63) is 46.4 Å². The number of alkyl halides is 2. The van der Waals surface area contributed by atoms with Gasteiger partial charge in [0.25, 0.3) is 6.43 Å². The highest BCUT2D eigenvalue weighted by atomic mass is 32.2. The third-order valence-electron chi connectivity index (χ3n) is 7.86. The molecular formula is C26H32F2N6S. The Morgan fingerprint density at radius 2 is 1.97 bits per heavy atom. The minimum atomic E-state index is -2.56. The van der Waals surface area contributed by atoms with Crippen molar-refractivity contribution in [2.24, 2.45) is 7.05 Å². The lowest BCUT2D eigenvalue weighted by atomic mass is 9.92. The zero-order valence-corrected chi connectivity index (χ0v) is 21.2. The molecular weight excluding hydrogens is 466 g/mol. The van der Waals surface area contributed by atoms with Crippen LogP contribution < -0.4 is 10.2 Å². The third-order valence-corrected chi connectivity index (χ3v) is 8.91. The smallest absolute Gasteiger partial charge is 0.264 e. The normalized spacial score (nSPS) is 18.7. The van der Waals surface area contributed by atoms with Gasteiger partial charge in [-0.1, -0.05) is 0 Å². The van der Waals surface area contributed by atoms with Crippen LogP contribution in [0.4, 0.5) is 20.3 Å². The highest BCUT2D eigenvalue weighted by molar-refractivity contribution is 7.99. The van der Waals surface area contributed by atoms with Crippen molar-refractivity contribution in [3.8, 4) is 11.1 Å². The van der Waals surface area contributed by atoms with E-state index in [9.17, 15) is 8.78 Å². The lowest BCUT2D eigenvalue weighted by Gasteiger charge is -2.32. The van der Waals surface area contributed by atoms with Gasteiger partial charge >= 0.3 is 0 Å². The van der Waals surface area contributed by atoms with Gasteiger partial charge in [0, 0.05) is 66.9 Å². The van der Waals surface area contributed by atoms with Gasteiger partial charge in [-0.3, -0.25) is 9.36 Å². The summed E-state index contributed by atoms with van der Waals surface area (Å²) in [6.45, 7) is 4.47. The maximum Gasteiger partial charge on any atom is 0.264 e. The zero-order valence-electron chi connectivity index (χ0n) is 20.4. The van der Waals surface area contributed by atoms with Crippen LogP contribution in [0.1, 0.15) is 59.8 Å². The van der Waals surface area contributed by atoms with Crippen LogP contribution >= 0.6 is 11.8 Å². The molecule has 0 unspecified atom stereocenters. The first-order valence-electron chi connectivity index (χ1n) is 12.6. The van der Waals surface area contributed by atoms with Crippen molar-refractivity contribution >= 4 is 23.3 Å². The molecule has 3 aromatic rings. The number of nitrogens with zero attached hydrogens (tertiary/aromatic N) is 5. The van der Waals surface area contributed by atoms with E-state index in [4.69, 9.17) is 5.10 Å². The molecule has 1 saturated heterocycles. The Morgan fingerprint density at radius 3 is 2.71 bits per heavy atom. The van der Waals surface area contributed by atoms with Gasteiger partial charge < -0.3 is 10.2 Å². The van der Waals surface area contributed by atoms with Crippen LogP contribution in [-0.2, 0) is 26.4 Å². The summed E-state index contributed by atoms with van der Waals surface area (Å²) in [6.07, 6.45) is 4.25. The number of fused-ring (bicyclic) bond motifs is 2. The van der Waals surface area contributed by atoms with E-state index < -0.39 is 6.43 Å². The summed E-state index contributed by atoms with van der Waals surface area (Å²) < 4.78 is 32.8. The van der Waals surface area contributed by atoms with Crippen LogP contribution in [0.25, 0.3) is 11.1 Å². The largest absolute Gasteiger partial charge is 0.324 e. The van der Waals surface area contributed by atoms with Gasteiger partial charge in [0.05, 0.1) is 12.2 Å². The molecule has 9 heteroatoms. The minimum Gasteiger partial charge on any atom is -0.324 e. The Kier molecular flexibility index (Phi) is 6.08. The molecule has 0 spiro atoms. The number of benzene rings is 1. The fourth-order valence-electron chi connectivity index (χ4n) is 5.85. The third kappa shape index (κ3) is 3.96. The second-order valence-electron chi connectivity index (χ2n) is 9.86. The molecule has 6 nitrogen and oxygen atoms in total. The number of anilines is 2. The topological polar surface area (TPSA) is 50.9 Å². The van der Waals surface area contributed by atoms with Crippen molar-refractivity contribution in [3.63, 3.8) is 0 Å². The Morgan fingerprint density at radius 1 is 1.14 bits per heavy atom. The van der Waals surface area contributed by atoms with E-state index in [2.05, 4.69) is 20.0 Å². The van der Waals surface area contributed by atoms with Crippen LogP contribution in [0, 0.1) is 6.92 Å². The van der Waals surface area contributed by atoms with Gasteiger partial charge in [-0.05, 0) is 67.4 Å². The Labute approximate surface area is 209 Å². The molecule has 1 fully saturated rings. The van der Waals surface area contributed by atoms with Gasteiger partial charge in [0.15, 0.2) is 5.82 Å². The van der Waals surface area contributed by atoms with Crippen molar-refractivity contribution in [2.75, 3.05) is 29.5 Å². The van der Waals surface area contributed by atoms with Gasteiger partial charge in [0.1, 0.15) is 0 Å². The summed E-state index contributed by atoms with van der Waals surface area (Å²) in [5.74, 6) is 3.30. The monoisotopic (exact) mass is 498 g/mol. The van der Waals surface area contributed by atoms with Gasteiger partial charge in [0.2, 0.25) is 0 Å². The lowest BCUT2D eigenvalue weighted by molar-refractivity contribution is 0.152. The average Bonchev–Trinajstić information content (AvgIpc) is 3.43. The van der Waals surface area contributed by atoms with Crippen LogP contribution in [-0.4, -0.2) is 44.2 Å². The number of halogens is 2. The van der Waals surface area contributed by atoms with E-state index in [0.717, 1.165) is 80.1 Å². The molecule has 186 valence electrons. The number of aromatic nitrogens is 4. The number of thioether (sulfide) groups is 1. The predicted octanol–water partition coefficient (Wildman–Crippen LogP) is 5.33. The average molecular weight is 499 g/mol. The highest BCUT2D eigenvalue weighted by Crippen LogP contribution is 2.43. The van der Waals surface area contributed by atoms with Gasteiger partial charge in [-0.25, -0.2) is 8.78 Å². The Hall–Kier alpha value is -2.39. The minimum absolute atomic E-state index is 0.0717. The molecule has 0 amide bonds. The Bertz CT molecular complexity index is 1240. The van der Waals surface area contributed by atoms with E-state index in [-0.39, 0.29) is 5.56 Å². The summed E-state index contributed by atoms with van der Waals surface area (Å²) in [6, 6.07) is 4.14. The maximum atomic E-state index is 14.4. The Balaban J connectivity index is 1.47. The first-order chi connectivity index (χ1) is 17.0. The summed E-state index contributed by atoms with van der Waals surface area (Å²) in [7, 11) is 1.85. The fourth-order valence-corrected chi connectivity index (χ4v) is 6.93. The number of hydrogen-bond acceptors (Lipinski definition) is 5. The molecule has 0 saturated carbocycles. The quantitative estimate of drug-likeness (QED) is 0.527. The summed E-state index contributed by atoms with van der Waals surface area (Å²) >= 11 is 2.02. The standard InChI is InChI=1S/C26H32F2N6S/c1-16-21(15-30-32(16)2)19-12-17-4-3-9-33(24(17)13-20(19)25(27)28)26-22-14-29-8-5-23(22)34(31-26)18-6-10-35-11-7-18/h12-13,15,18,25,29H,3-11,14H2,1-2H3. The van der Waals surface area contributed by atoms with Crippen LogP contribution in [0.5, 0.6) is 0 Å². The zero-order chi connectivity index (χ0) is 24.1. The molecule has 2 aromatic heterocycles. The molecule has 6 rings (SSSR count). The van der Waals surface area contributed by atoms with Crippen molar-refractivity contribution in [1.29, 1.82) is 0 Å². The van der Waals surface area contributed by atoms with E-state index in [1.54, 1.807) is 16.9 Å². The molecule has 0 aliphatic carbocycles. The molecule has 3 aliphatic heterocycles. The number of hydrogen-bond donors (Lipinski definition) is 1. The molecule has 0 bridgehead atoms. The lowest BCUT2D eigenvalue weighted by Crippen LogP contribution is -2.29. The van der Waals surface area contributed by atoms with Gasteiger partial charge in [-0.2, -0.15) is 22.0 Å². The fraction of sp³-hybridized carbons (Fsp3) is 0.538. The molecule has 0 radical (unpaired) electrons. The molecule has 35 heavy (non-hydrogen) atoms. The SMILES string of the molecule is Cc1c(-c2cc3c(cc2C(F)F)N(c2nn(C4CCSCC4)c4c2CNCC4)CCC3)cnn1C. The second kappa shape index (κ2) is 9.24. The van der Waals surface area contributed by atoms with Crippen LogP contribution in [0.2, 0.25) is 0 Å². The molecule has 1 aromatic carbocycles. The summed E-state index contributed by atoms with van der Waals surface area (Å²) in [5, 5.41) is 13.0. The van der Waals surface area contributed by atoms with E-state index in [0.29, 0.717) is 11.6 Å². The molecule has 3 aliphatic rings. The van der Waals surface area contributed by atoms with Crippen molar-refractivity contribution < 1.29 is 8.78 Å². The highest BCUT2D eigenvalue weighted by Gasteiger charge is 2.32. The van der Waals surface area contributed by atoms with Crippen molar-refractivity contribution in [2.45, 2.75) is 58.0 Å². The van der Waals surface area contributed by atoms with Gasteiger partial charge in [-0.15, -0.1) is 0 Å². The number of rotatable bonds is 4. The van der Waals surface area contributed by atoms with Crippen LogP contribution in [0.3, 0.4) is 0 Å². The number of nitrogens with one attached hydrogen (secondary N) is 1. The van der Waals surface area contributed by atoms with Crippen LogP contribution in [0.15, 0.2) is 18.3 Å². The maximum absolute atomic E-state index is 14.4.